The van der Waals surface area contributed by atoms with Crippen LogP contribution in [0.4, 0.5) is 4.79 Å². The number of rotatable bonds is 20. The summed E-state index contributed by atoms with van der Waals surface area (Å²) in [4.78, 5) is 15.9. The Morgan fingerprint density at radius 1 is 0.474 bits per heavy atom. The molecule has 38 heavy (non-hydrogen) atoms. The molecular weight excluding hydrogens is 557 g/mol. The fourth-order valence-corrected chi connectivity index (χ4v) is 91.2. The van der Waals surface area contributed by atoms with Crippen LogP contribution in [-0.2, 0) is 0 Å². The highest BCUT2D eigenvalue weighted by Gasteiger charge is 2.68. The van der Waals surface area contributed by atoms with Crippen LogP contribution in [0.1, 0.15) is 105 Å². The Balaban J connectivity index is 6.76. The SMILES string of the molecule is CCCCCCCC(C)[Si](C)(C(=O)[Si](C)(C(C)CCCCCCC)[Si](C)(C)[Si](C)(C)C)[Si](C)(C)[Si](C)(C)C. The van der Waals surface area contributed by atoms with Crippen LogP contribution in [0.2, 0.25) is 89.6 Å². The highest BCUT2D eigenvalue weighted by atomic mass is 29.7. The van der Waals surface area contributed by atoms with Crippen LogP contribution in [0.3, 0.4) is 0 Å². The highest BCUT2D eigenvalue weighted by molar-refractivity contribution is 7.85. The summed E-state index contributed by atoms with van der Waals surface area (Å²) < 4.78 is 0. The van der Waals surface area contributed by atoms with Crippen LogP contribution in [0.5, 0.6) is 0 Å². The van der Waals surface area contributed by atoms with E-state index in [0.29, 0.717) is 11.1 Å². The third-order valence-corrected chi connectivity index (χ3v) is 102. The van der Waals surface area contributed by atoms with Gasteiger partial charge in [-0.15, -0.1) is 0 Å². The van der Waals surface area contributed by atoms with Crippen LogP contribution in [0, 0.1) is 0 Å². The molecule has 0 heterocycles. The number of unbranched alkanes of at least 4 members (excludes halogenated alkanes) is 8. The maximum absolute atomic E-state index is 15.9. The molecule has 0 aromatic carbocycles. The lowest BCUT2D eigenvalue weighted by molar-refractivity contribution is 0.271. The molecule has 4 unspecified atom stereocenters. The summed E-state index contributed by atoms with van der Waals surface area (Å²) >= 11 is 0. The number of hydrogen-bond donors (Lipinski definition) is 0. The van der Waals surface area contributed by atoms with Crippen LogP contribution in [0.15, 0.2) is 0 Å². The molecular formula is C31H74OSi6. The van der Waals surface area contributed by atoms with Crippen LogP contribution >= 0.6 is 0 Å². The molecule has 0 aliphatic heterocycles. The molecule has 0 radical (unpaired) electrons. The second-order valence-corrected chi connectivity index (χ2v) is 73.6. The molecule has 0 amide bonds. The topological polar surface area (TPSA) is 17.1 Å². The number of carbonyl (C=O) groups is 1. The molecule has 0 bridgehead atoms. The van der Waals surface area contributed by atoms with Gasteiger partial charge in [0.05, 0.1) is 5.03 Å². The first kappa shape index (κ1) is 39.0. The lowest BCUT2D eigenvalue weighted by Crippen LogP contribution is -2.84. The predicted octanol–water partition coefficient (Wildman–Crippen LogP) is 12.3. The van der Waals surface area contributed by atoms with Crippen molar-refractivity contribution in [3.63, 3.8) is 0 Å². The first-order valence-electron chi connectivity index (χ1n) is 16.7. The summed E-state index contributed by atoms with van der Waals surface area (Å²) in [6.45, 7) is 41.8. The average Bonchev–Trinajstić information content (AvgIpc) is 2.80. The van der Waals surface area contributed by atoms with Gasteiger partial charge in [-0.25, -0.2) is 0 Å². The molecule has 0 saturated carbocycles. The minimum Gasteiger partial charge on any atom is -0.311 e. The van der Waals surface area contributed by atoms with Crippen molar-refractivity contribution in [3.8, 4) is 0 Å². The third-order valence-electron chi connectivity index (χ3n) is 12.7. The Labute approximate surface area is 247 Å². The van der Waals surface area contributed by atoms with Gasteiger partial charge in [-0.2, -0.15) is 0 Å². The van der Waals surface area contributed by atoms with E-state index in [4.69, 9.17) is 0 Å². The van der Waals surface area contributed by atoms with E-state index in [1.165, 1.54) is 77.0 Å². The van der Waals surface area contributed by atoms with E-state index >= 15 is 4.79 Å². The second-order valence-electron chi connectivity index (χ2n) is 16.7. The van der Waals surface area contributed by atoms with Gasteiger partial charge in [0, 0.05) is 29.4 Å². The van der Waals surface area contributed by atoms with Gasteiger partial charge in [-0.1, -0.05) is 183 Å². The molecule has 7 heteroatoms. The van der Waals surface area contributed by atoms with Gasteiger partial charge in [0.2, 0.25) is 0 Å². The van der Waals surface area contributed by atoms with Crippen molar-refractivity contribution in [1.29, 1.82) is 0 Å². The Bertz CT molecular complexity index is 650. The van der Waals surface area contributed by atoms with Gasteiger partial charge in [-0.3, -0.25) is 0 Å². The smallest absolute Gasteiger partial charge is 0.116 e. The lowest BCUT2D eigenvalue weighted by atomic mass is 10.1. The number of hydrogen-bond acceptors (Lipinski definition) is 1. The van der Waals surface area contributed by atoms with Gasteiger partial charge in [0.15, 0.2) is 0 Å². The standard InChI is InChI=1S/C31H74OSi6/c1-17-19-21-23-25-27-29(3)37(15,35(11,12)33(5,6)7)31(32)38(16,36(13,14)34(8,9)10)30(4)28-26-24-22-20-18-2/h29-30H,17-28H2,1-16H3. The number of carbonyl (C=O) groups excluding carboxylic acids is 1. The fourth-order valence-electron chi connectivity index (χ4n) is 7.03. The Morgan fingerprint density at radius 3 is 0.974 bits per heavy atom. The van der Waals surface area contributed by atoms with Crippen LogP contribution in [0.25, 0.3) is 0 Å². The first-order valence-corrected chi connectivity index (χ1v) is 38.8. The molecule has 0 fully saturated rings. The zero-order chi connectivity index (χ0) is 30.2. The molecule has 0 aromatic heterocycles. The molecule has 0 spiro atoms. The van der Waals surface area contributed by atoms with Gasteiger partial charge in [0.1, 0.15) is 15.2 Å². The van der Waals surface area contributed by atoms with Gasteiger partial charge < -0.3 is 4.79 Å². The van der Waals surface area contributed by atoms with Crippen molar-refractivity contribution in [1.82, 2.24) is 0 Å². The van der Waals surface area contributed by atoms with E-state index in [9.17, 15) is 0 Å². The largest absolute Gasteiger partial charge is 0.311 e. The van der Waals surface area contributed by atoms with Crippen molar-refractivity contribution in [2.24, 2.45) is 0 Å². The van der Waals surface area contributed by atoms with Gasteiger partial charge in [0.25, 0.3) is 0 Å². The Kier molecular flexibility index (Phi) is 15.8. The Morgan fingerprint density at radius 2 is 0.737 bits per heavy atom. The minimum absolute atomic E-state index is 0.653. The monoisotopic (exact) mass is 630 g/mol. The molecule has 4 atom stereocenters. The predicted molar refractivity (Wildman–Crippen MR) is 196 cm³/mol. The van der Waals surface area contributed by atoms with Gasteiger partial charge >= 0.3 is 0 Å². The summed E-state index contributed by atoms with van der Waals surface area (Å²) in [6, 6.07) is 0. The second kappa shape index (κ2) is 15.4. The third kappa shape index (κ3) is 8.51. The summed E-state index contributed by atoms with van der Waals surface area (Å²) in [5, 5.41) is 1.00. The van der Waals surface area contributed by atoms with E-state index in [2.05, 4.69) is 106 Å². The van der Waals surface area contributed by atoms with Crippen molar-refractivity contribution in [2.45, 2.75) is 194 Å². The van der Waals surface area contributed by atoms with Crippen molar-refractivity contribution in [3.05, 3.63) is 0 Å². The average molecular weight is 631 g/mol. The van der Waals surface area contributed by atoms with E-state index < -0.39 is 44.6 Å². The summed E-state index contributed by atoms with van der Waals surface area (Å²) in [7, 11) is -10.6. The van der Waals surface area contributed by atoms with Crippen molar-refractivity contribution in [2.75, 3.05) is 0 Å². The molecule has 1 nitrogen and oxygen atoms in total. The maximum atomic E-state index is 15.9. The molecule has 0 N–H and O–H groups in total. The van der Waals surface area contributed by atoms with E-state index in [-0.39, 0.29) is 0 Å². The van der Waals surface area contributed by atoms with Crippen LogP contribution < -0.4 is 0 Å². The molecule has 0 rings (SSSR count). The summed E-state index contributed by atoms with van der Waals surface area (Å²) in [5.74, 6) is 0. The minimum atomic E-state index is -2.15. The summed E-state index contributed by atoms with van der Waals surface area (Å²) in [6.07, 6.45) is 16.1. The van der Waals surface area contributed by atoms with E-state index in [0.717, 1.165) is 5.03 Å². The molecule has 0 aromatic rings. The maximum Gasteiger partial charge on any atom is 0.116 e. The van der Waals surface area contributed by atoms with Crippen molar-refractivity contribution < 1.29 is 4.79 Å². The molecule has 0 aliphatic carbocycles. The first-order chi connectivity index (χ1) is 17.1. The normalized spacial score (nSPS) is 18.5. The highest BCUT2D eigenvalue weighted by Crippen LogP contribution is 2.48. The van der Waals surface area contributed by atoms with Crippen LogP contribution in [-0.4, -0.2) is 49.6 Å². The Hall–Kier alpha value is 0.971. The van der Waals surface area contributed by atoms with Crippen molar-refractivity contribution >= 4 is 49.6 Å². The summed E-state index contributed by atoms with van der Waals surface area (Å²) in [5.41, 5.74) is 1.31. The lowest BCUT2D eigenvalue weighted by Gasteiger charge is -2.58. The van der Waals surface area contributed by atoms with Gasteiger partial charge in [-0.05, 0) is 11.1 Å². The van der Waals surface area contributed by atoms with E-state index in [1.54, 1.807) is 0 Å². The van der Waals surface area contributed by atoms with E-state index in [1.807, 2.05) is 0 Å². The fraction of sp³-hybridized carbons (Fsp3) is 0.968. The molecule has 228 valence electrons. The zero-order valence-electron chi connectivity index (χ0n) is 29.5. The quantitative estimate of drug-likeness (QED) is 0.0965. The zero-order valence-corrected chi connectivity index (χ0v) is 35.5. The molecule has 0 aliphatic rings. The molecule has 0 saturated heterocycles.